The van der Waals surface area contributed by atoms with E-state index in [1.807, 2.05) is 0 Å². The van der Waals surface area contributed by atoms with Crippen molar-refractivity contribution in [1.29, 1.82) is 0 Å². The van der Waals surface area contributed by atoms with Gasteiger partial charge in [0.1, 0.15) is 0 Å². The third kappa shape index (κ3) is 2.55. The Bertz CT molecular complexity index is 563. The van der Waals surface area contributed by atoms with Gasteiger partial charge < -0.3 is 5.11 Å². The second-order valence-electron chi connectivity index (χ2n) is 2.94. The fourth-order valence-electron chi connectivity index (χ4n) is 0.987. The molecule has 0 aromatic heterocycles. The zero-order valence-corrected chi connectivity index (χ0v) is 9.60. The first kappa shape index (κ1) is 13.8. The van der Waals surface area contributed by atoms with Gasteiger partial charge in [-0.3, -0.25) is 0 Å². The summed E-state index contributed by atoms with van der Waals surface area (Å²) in [6, 6.07) is 2.26. The average Bonchev–Trinajstić information content (AvgIpc) is 2.15. The number of thiol groups is 1. The zero-order chi connectivity index (χ0) is 13.4. The van der Waals surface area contributed by atoms with Crippen molar-refractivity contribution in [2.75, 3.05) is 0 Å². The highest BCUT2D eigenvalue weighted by atomic mass is 32.2. The van der Waals surface area contributed by atoms with Crippen LogP contribution in [-0.4, -0.2) is 25.0 Å². The largest absolute Gasteiger partial charge is 0.501 e. The van der Waals surface area contributed by atoms with E-state index < -0.39 is 36.7 Å². The van der Waals surface area contributed by atoms with E-state index in [1.165, 1.54) is 0 Å². The number of sulfone groups is 1. The van der Waals surface area contributed by atoms with Crippen LogP contribution in [0.2, 0.25) is 0 Å². The second-order valence-corrected chi connectivity index (χ2v) is 5.33. The maximum absolute atomic E-state index is 12.3. The van der Waals surface area contributed by atoms with Gasteiger partial charge in [-0.05, 0) is 18.2 Å². The lowest BCUT2D eigenvalue weighted by Gasteiger charge is -2.10. The van der Waals surface area contributed by atoms with Crippen LogP contribution in [0.5, 0.6) is 0 Å². The standard InChI is InChI=1S/C8H5F3O4S2/c9-8(10,11)17(14,15)6-3-4(7(12)13)1-2-5(6)16/h1-3,16H,(H,12,13). The van der Waals surface area contributed by atoms with E-state index in [0.717, 1.165) is 12.1 Å². The summed E-state index contributed by atoms with van der Waals surface area (Å²) < 4.78 is 59.0. The lowest BCUT2D eigenvalue weighted by Crippen LogP contribution is -2.24. The van der Waals surface area contributed by atoms with Crippen LogP contribution in [0.1, 0.15) is 10.4 Å². The molecule has 0 aliphatic carbocycles. The number of halogens is 3. The predicted octanol–water partition coefficient (Wildman–Crippen LogP) is 1.97. The molecule has 0 unspecified atom stereocenters. The van der Waals surface area contributed by atoms with Crippen LogP contribution in [0.3, 0.4) is 0 Å². The summed E-state index contributed by atoms with van der Waals surface area (Å²) in [5.74, 6) is -1.53. The van der Waals surface area contributed by atoms with E-state index in [4.69, 9.17) is 5.11 Å². The Morgan fingerprint density at radius 3 is 2.24 bits per heavy atom. The first-order valence-corrected chi connectivity index (χ1v) is 5.88. The van der Waals surface area contributed by atoms with Crippen LogP contribution < -0.4 is 0 Å². The SMILES string of the molecule is O=C(O)c1ccc(S)c(S(=O)(=O)C(F)(F)F)c1. The summed E-state index contributed by atoms with van der Waals surface area (Å²) in [5, 5.41) is 8.57. The molecule has 0 saturated carbocycles. The molecule has 94 valence electrons. The molecule has 0 aliphatic heterocycles. The van der Waals surface area contributed by atoms with Crippen molar-refractivity contribution < 1.29 is 31.5 Å². The molecular weight excluding hydrogens is 281 g/mol. The summed E-state index contributed by atoms with van der Waals surface area (Å²) in [5.41, 5.74) is -6.06. The molecule has 0 fully saturated rings. The quantitative estimate of drug-likeness (QED) is 0.815. The molecule has 0 bridgehead atoms. The number of hydrogen-bond donors (Lipinski definition) is 2. The fourth-order valence-corrected chi connectivity index (χ4v) is 2.36. The lowest BCUT2D eigenvalue weighted by atomic mass is 10.2. The van der Waals surface area contributed by atoms with Gasteiger partial charge in [0.25, 0.3) is 9.84 Å². The van der Waals surface area contributed by atoms with Gasteiger partial charge in [-0.2, -0.15) is 13.2 Å². The van der Waals surface area contributed by atoms with Gasteiger partial charge in [0.2, 0.25) is 0 Å². The molecule has 0 heterocycles. The molecule has 4 nitrogen and oxygen atoms in total. The van der Waals surface area contributed by atoms with E-state index in [9.17, 15) is 26.4 Å². The number of aromatic carboxylic acids is 1. The Morgan fingerprint density at radius 1 is 1.29 bits per heavy atom. The Hall–Kier alpha value is -1.22. The van der Waals surface area contributed by atoms with Crippen LogP contribution in [0.15, 0.2) is 28.0 Å². The maximum atomic E-state index is 12.3. The number of carboxylic acids is 1. The van der Waals surface area contributed by atoms with Gasteiger partial charge in [-0.25, -0.2) is 13.2 Å². The van der Waals surface area contributed by atoms with Crippen LogP contribution in [-0.2, 0) is 9.84 Å². The topological polar surface area (TPSA) is 71.4 Å². The second kappa shape index (κ2) is 4.22. The molecule has 0 aliphatic rings. The van der Waals surface area contributed by atoms with Crippen LogP contribution >= 0.6 is 12.6 Å². The van der Waals surface area contributed by atoms with Gasteiger partial charge in [0, 0.05) is 4.90 Å². The van der Waals surface area contributed by atoms with Crippen LogP contribution in [0, 0.1) is 0 Å². The summed E-state index contributed by atoms with van der Waals surface area (Å²) in [6.07, 6.45) is 0. The molecule has 17 heavy (non-hydrogen) atoms. The van der Waals surface area contributed by atoms with E-state index in [1.54, 1.807) is 0 Å². The van der Waals surface area contributed by atoms with E-state index in [0.29, 0.717) is 6.07 Å². The molecule has 1 N–H and O–H groups in total. The number of alkyl halides is 3. The van der Waals surface area contributed by atoms with E-state index >= 15 is 0 Å². The minimum Gasteiger partial charge on any atom is -0.478 e. The van der Waals surface area contributed by atoms with Crippen molar-refractivity contribution in [3.8, 4) is 0 Å². The number of carbonyl (C=O) groups is 1. The molecule has 1 aromatic carbocycles. The first-order valence-electron chi connectivity index (χ1n) is 3.95. The number of benzene rings is 1. The minimum absolute atomic E-state index is 0.424. The third-order valence-electron chi connectivity index (χ3n) is 1.80. The smallest absolute Gasteiger partial charge is 0.478 e. The highest BCUT2D eigenvalue weighted by Crippen LogP contribution is 2.33. The molecular formula is C8H5F3O4S2. The first-order chi connectivity index (χ1) is 7.57. The predicted molar refractivity (Wildman–Crippen MR) is 53.9 cm³/mol. The molecule has 1 rings (SSSR count). The molecule has 0 amide bonds. The summed E-state index contributed by atoms with van der Waals surface area (Å²) in [7, 11) is -5.60. The van der Waals surface area contributed by atoms with Gasteiger partial charge >= 0.3 is 11.5 Å². The summed E-state index contributed by atoms with van der Waals surface area (Å²) >= 11 is 3.57. The molecule has 0 atom stereocenters. The Morgan fingerprint density at radius 2 is 1.82 bits per heavy atom. The molecule has 0 saturated heterocycles. The monoisotopic (exact) mass is 286 g/mol. The van der Waals surface area contributed by atoms with Gasteiger partial charge in [0.15, 0.2) is 0 Å². The molecule has 0 spiro atoms. The van der Waals surface area contributed by atoms with Gasteiger partial charge in [0.05, 0.1) is 10.5 Å². The van der Waals surface area contributed by atoms with Crippen molar-refractivity contribution in [2.24, 2.45) is 0 Å². The van der Waals surface area contributed by atoms with Crippen LogP contribution in [0.25, 0.3) is 0 Å². The number of carboxylic acid groups (broad SMARTS) is 1. The number of hydrogen-bond acceptors (Lipinski definition) is 4. The van der Waals surface area contributed by atoms with Crippen molar-refractivity contribution in [2.45, 2.75) is 15.3 Å². The highest BCUT2D eigenvalue weighted by Gasteiger charge is 2.47. The molecule has 9 heteroatoms. The van der Waals surface area contributed by atoms with Crippen molar-refractivity contribution in [1.82, 2.24) is 0 Å². The fraction of sp³-hybridized carbons (Fsp3) is 0.125. The lowest BCUT2D eigenvalue weighted by molar-refractivity contribution is -0.0437. The Labute approximate surface area is 99.4 Å². The maximum Gasteiger partial charge on any atom is 0.501 e. The van der Waals surface area contributed by atoms with Gasteiger partial charge in [-0.1, -0.05) is 0 Å². The highest BCUT2D eigenvalue weighted by molar-refractivity contribution is 7.93. The number of rotatable bonds is 2. The Kier molecular flexibility index (Phi) is 3.44. The Balaban J connectivity index is 3.52. The summed E-state index contributed by atoms with van der Waals surface area (Å²) in [4.78, 5) is 8.90. The average molecular weight is 286 g/mol. The zero-order valence-electron chi connectivity index (χ0n) is 7.89. The molecule has 1 aromatic rings. The van der Waals surface area contributed by atoms with Crippen molar-refractivity contribution in [3.63, 3.8) is 0 Å². The van der Waals surface area contributed by atoms with E-state index in [2.05, 4.69) is 12.6 Å². The third-order valence-corrected chi connectivity index (χ3v) is 3.87. The van der Waals surface area contributed by atoms with E-state index in [-0.39, 0.29) is 0 Å². The summed E-state index contributed by atoms with van der Waals surface area (Å²) in [6.45, 7) is 0. The minimum atomic E-state index is -5.60. The van der Waals surface area contributed by atoms with Crippen LogP contribution in [0.4, 0.5) is 13.2 Å². The van der Waals surface area contributed by atoms with Gasteiger partial charge in [-0.15, -0.1) is 12.6 Å². The normalized spacial score (nSPS) is 12.5. The molecule has 0 radical (unpaired) electrons. The van der Waals surface area contributed by atoms with Crippen molar-refractivity contribution in [3.05, 3.63) is 23.8 Å². The van der Waals surface area contributed by atoms with Crippen molar-refractivity contribution >= 4 is 28.4 Å².